The zero-order valence-corrected chi connectivity index (χ0v) is 4.05. The van der Waals surface area contributed by atoms with Crippen LogP contribution in [-0.2, 0) is 0 Å². The van der Waals surface area contributed by atoms with E-state index in [2.05, 4.69) is 16.3 Å². The molecule has 0 N–H and O–H groups in total. The van der Waals surface area contributed by atoms with Crippen molar-refractivity contribution in [1.29, 1.82) is 0 Å². The molecule has 35 valence electrons. The van der Waals surface area contributed by atoms with Crippen LogP contribution < -0.4 is 0 Å². The summed E-state index contributed by atoms with van der Waals surface area (Å²) < 4.78 is 0. The number of aryl methyl sites for hydroxylation is 1. The van der Waals surface area contributed by atoms with Crippen LogP contribution in [0.4, 0.5) is 0 Å². The van der Waals surface area contributed by atoms with Crippen molar-refractivity contribution in [1.82, 2.24) is 9.97 Å². The first-order valence-electron chi connectivity index (χ1n) is 2.04. The van der Waals surface area contributed by atoms with Gasteiger partial charge in [0.2, 0.25) is 0 Å². The van der Waals surface area contributed by atoms with Gasteiger partial charge in [-0.3, -0.25) is 0 Å². The van der Waals surface area contributed by atoms with Crippen molar-refractivity contribution in [2.45, 2.75) is 6.92 Å². The van der Waals surface area contributed by atoms with Gasteiger partial charge in [-0.1, -0.05) is 0 Å². The normalized spacial score (nSPS) is 8.71. The molecule has 2 nitrogen and oxygen atoms in total. The van der Waals surface area contributed by atoms with Crippen molar-refractivity contribution in [2.24, 2.45) is 0 Å². The Morgan fingerprint density at radius 3 is 2.29 bits per heavy atom. The lowest BCUT2D eigenvalue weighted by molar-refractivity contribution is 1.11. The van der Waals surface area contributed by atoms with Gasteiger partial charge in [0.15, 0.2) is 6.33 Å². The molecule has 1 aromatic rings. The van der Waals surface area contributed by atoms with Gasteiger partial charge in [-0.15, -0.1) is 0 Å². The first kappa shape index (κ1) is 4.24. The summed E-state index contributed by atoms with van der Waals surface area (Å²) in [7, 11) is 0. The first-order valence-corrected chi connectivity index (χ1v) is 2.04. The van der Waals surface area contributed by atoms with E-state index in [1.165, 1.54) is 0 Å². The Hall–Kier alpha value is -0.920. The van der Waals surface area contributed by atoms with Crippen molar-refractivity contribution < 1.29 is 0 Å². The fourth-order valence-corrected chi connectivity index (χ4v) is 0.328. The van der Waals surface area contributed by atoms with Gasteiger partial charge in [0.05, 0.1) is 0 Å². The Balaban J connectivity index is 3.02. The van der Waals surface area contributed by atoms with E-state index in [4.69, 9.17) is 0 Å². The van der Waals surface area contributed by atoms with Crippen LogP contribution in [0, 0.1) is 13.3 Å². The molecule has 1 rings (SSSR count). The minimum atomic E-state index is 1.07. The Kier molecular flexibility index (Phi) is 1.02. The van der Waals surface area contributed by atoms with E-state index in [-0.39, 0.29) is 0 Å². The Bertz CT molecular complexity index is 136. The minimum absolute atomic E-state index is 1.07. The maximum absolute atomic E-state index is 3.65. The number of aromatic nitrogens is 2. The van der Waals surface area contributed by atoms with Crippen LogP contribution in [0.5, 0.6) is 0 Å². The molecule has 7 heavy (non-hydrogen) atoms. The van der Waals surface area contributed by atoms with Crippen LogP contribution in [0.2, 0.25) is 0 Å². The summed E-state index contributed by atoms with van der Waals surface area (Å²) in [6.07, 6.45) is 5.86. The Morgan fingerprint density at radius 1 is 1.43 bits per heavy atom. The molecule has 2 heteroatoms. The zero-order valence-electron chi connectivity index (χ0n) is 4.05. The van der Waals surface area contributed by atoms with Crippen molar-refractivity contribution in [2.75, 3.05) is 0 Å². The highest BCUT2D eigenvalue weighted by molar-refractivity contribution is 4.96. The third kappa shape index (κ3) is 0.961. The molecule has 0 aliphatic carbocycles. The molecule has 0 spiro atoms. The highest BCUT2D eigenvalue weighted by Gasteiger charge is 1.75. The van der Waals surface area contributed by atoms with Crippen LogP contribution in [0.15, 0.2) is 12.4 Å². The summed E-state index contributed by atoms with van der Waals surface area (Å²) in [6.45, 7) is 1.94. The van der Waals surface area contributed by atoms with Crippen molar-refractivity contribution >= 4 is 0 Å². The van der Waals surface area contributed by atoms with Crippen LogP contribution >= 0.6 is 0 Å². The van der Waals surface area contributed by atoms with Gasteiger partial charge in [0.1, 0.15) is 0 Å². The smallest absolute Gasteiger partial charge is 0.197 e. The number of hydrogen-bond acceptors (Lipinski definition) is 2. The molecule has 0 saturated heterocycles. The molecular weight excluding hydrogens is 88.1 g/mol. The third-order valence-electron chi connectivity index (χ3n) is 0.652. The average Bonchev–Trinajstić information content (AvgIpc) is 1.69. The summed E-state index contributed by atoms with van der Waals surface area (Å²) in [5.41, 5.74) is 1.07. The lowest BCUT2D eigenvalue weighted by Crippen LogP contribution is -1.76. The second-order valence-corrected chi connectivity index (χ2v) is 1.36. The SMILES string of the molecule is Cc1cn[c]nc1. The van der Waals surface area contributed by atoms with Crippen LogP contribution in [0.25, 0.3) is 0 Å². The Morgan fingerprint density at radius 2 is 2.00 bits per heavy atom. The molecule has 0 aromatic carbocycles. The second-order valence-electron chi connectivity index (χ2n) is 1.36. The Labute approximate surface area is 42.2 Å². The highest BCUT2D eigenvalue weighted by atomic mass is 14.8. The molecular formula is C5H5N2. The minimum Gasteiger partial charge on any atom is -0.234 e. The standard InChI is InChI=1S/C5H5N2/c1-5-2-6-4-7-3-5/h2-3H,1H3. The third-order valence-corrected chi connectivity index (χ3v) is 0.652. The summed E-state index contributed by atoms with van der Waals surface area (Å²) in [6, 6.07) is 0. The largest absolute Gasteiger partial charge is 0.234 e. The number of rotatable bonds is 0. The molecule has 0 saturated carbocycles. The van der Waals surface area contributed by atoms with E-state index in [0.29, 0.717) is 0 Å². The van der Waals surface area contributed by atoms with Gasteiger partial charge in [-0.2, -0.15) is 0 Å². The maximum Gasteiger partial charge on any atom is 0.197 e. The van der Waals surface area contributed by atoms with E-state index in [1.807, 2.05) is 6.92 Å². The molecule has 0 aliphatic heterocycles. The average molecular weight is 93.1 g/mol. The fourth-order valence-electron chi connectivity index (χ4n) is 0.328. The van der Waals surface area contributed by atoms with Gasteiger partial charge in [-0.25, -0.2) is 9.97 Å². The molecule has 1 radical (unpaired) electrons. The van der Waals surface area contributed by atoms with Crippen LogP contribution in [0.3, 0.4) is 0 Å². The molecule has 0 bridgehead atoms. The number of hydrogen-bond donors (Lipinski definition) is 0. The van der Waals surface area contributed by atoms with Crippen molar-refractivity contribution in [3.05, 3.63) is 24.3 Å². The molecule has 0 fully saturated rings. The van der Waals surface area contributed by atoms with E-state index in [9.17, 15) is 0 Å². The lowest BCUT2D eigenvalue weighted by atomic mass is 10.4. The fraction of sp³-hybridized carbons (Fsp3) is 0.200. The summed E-state index contributed by atoms with van der Waals surface area (Å²) in [4.78, 5) is 7.30. The molecule has 0 atom stereocenters. The van der Waals surface area contributed by atoms with Crippen LogP contribution in [0.1, 0.15) is 5.56 Å². The summed E-state index contributed by atoms with van der Waals surface area (Å²) >= 11 is 0. The number of nitrogens with zero attached hydrogens (tertiary/aromatic N) is 2. The quantitative estimate of drug-likeness (QED) is 0.469. The summed E-state index contributed by atoms with van der Waals surface area (Å²) in [5.74, 6) is 0. The van der Waals surface area contributed by atoms with Gasteiger partial charge in [0.25, 0.3) is 0 Å². The molecule has 1 aromatic heterocycles. The predicted molar refractivity (Wildman–Crippen MR) is 25.6 cm³/mol. The first-order chi connectivity index (χ1) is 3.39. The molecule has 0 amide bonds. The van der Waals surface area contributed by atoms with Gasteiger partial charge >= 0.3 is 0 Å². The van der Waals surface area contributed by atoms with Gasteiger partial charge in [-0.05, 0) is 12.5 Å². The van der Waals surface area contributed by atoms with E-state index in [1.54, 1.807) is 12.4 Å². The van der Waals surface area contributed by atoms with E-state index >= 15 is 0 Å². The summed E-state index contributed by atoms with van der Waals surface area (Å²) in [5, 5.41) is 0. The highest BCUT2D eigenvalue weighted by Crippen LogP contribution is 1.83. The molecule has 0 unspecified atom stereocenters. The lowest BCUT2D eigenvalue weighted by Gasteiger charge is -1.80. The van der Waals surface area contributed by atoms with Gasteiger partial charge < -0.3 is 0 Å². The second kappa shape index (κ2) is 1.69. The van der Waals surface area contributed by atoms with E-state index < -0.39 is 0 Å². The van der Waals surface area contributed by atoms with Crippen molar-refractivity contribution in [3.8, 4) is 0 Å². The maximum atomic E-state index is 3.65. The van der Waals surface area contributed by atoms with Crippen molar-refractivity contribution in [3.63, 3.8) is 0 Å². The van der Waals surface area contributed by atoms with E-state index in [0.717, 1.165) is 5.56 Å². The van der Waals surface area contributed by atoms with Crippen LogP contribution in [-0.4, -0.2) is 9.97 Å². The molecule has 1 heterocycles. The van der Waals surface area contributed by atoms with Gasteiger partial charge in [0, 0.05) is 12.4 Å². The topological polar surface area (TPSA) is 25.8 Å². The monoisotopic (exact) mass is 93.0 g/mol. The zero-order chi connectivity index (χ0) is 5.11. The molecule has 0 aliphatic rings. The predicted octanol–water partition coefficient (Wildman–Crippen LogP) is 0.585.